The van der Waals surface area contributed by atoms with E-state index in [9.17, 15) is 4.79 Å². The normalized spacial score (nSPS) is 30.1. The number of nitrogens with zero attached hydrogens (tertiary/aromatic N) is 2. The minimum atomic E-state index is 0.0663. The lowest BCUT2D eigenvalue weighted by molar-refractivity contribution is -0.132. The van der Waals surface area contributed by atoms with Crippen LogP contribution in [-0.2, 0) is 4.79 Å². The molecule has 2 saturated heterocycles. The fourth-order valence-electron chi connectivity index (χ4n) is 3.16. The summed E-state index contributed by atoms with van der Waals surface area (Å²) < 4.78 is 0. The van der Waals surface area contributed by atoms with Crippen molar-refractivity contribution in [1.82, 2.24) is 15.1 Å². The third-order valence-corrected chi connectivity index (χ3v) is 4.26. The summed E-state index contributed by atoms with van der Waals surface area (Å²) in [5, 5.41) is 3.39. The molecule has 0 aromatic carbocycles. The Kier molecular flexibility index (Phi) is 5.01. The lowest BCUT2D eigenvalue weighted by atomic mass is 10.1. The van der Waals surface area contributed by atoms with E-state index < -0.39 is 0 Å². The number of hydrogen-bond acceptors (Lipinski definition) is 3. The first-order valence-electron chi connectivity index (χ1n) is 7.33. The molecule has 2 heterocycles. The van der Waals surface area contributed by atoms with Gasteiger partial charge in [0.05, 0.1) is 6.04 Å². The Morgan fingerprint density at radius 2 is 2.17 bits per heavy atom. The Morgan fingerprint density at radius 3 is 2.89 bits per heavy atom. The van der Waals surface area contributed by atoms with Gasteiger partial charge in [-0.05, 0) is 45.3 Å². The number of carbonyl (C=O) groups excluding carboxylic acids is 1. The molecule has 2 rings (SSSR count). The number of rotatable bonds is 3. The summed E-state index contributed by atoms with van der Waals surface area (Å²) >= 11 is 0. The molecule has 0 aromatic rings. The highest BCUT2D eigenvalue weighted by Crippen LogP contribution is 2.16. The number of likely N-dealkylation sites (N-methyl/N-ethyl adjacent to an activating group) is 1. The van der Waals surface area contributed by atoms with Crippen LogP contribution in [0.4, 0.5) is 0 Å². The van der Waals surface area contributed by atoms with Crippen LogP contribution in [0.15, 0.2) is 0 Å². The number of hydrogen-bond donors (Lipinski definition) is 1. The average molecular weight is 253 g/mol. The van der Waals surface area contributed by atoms with Crippen LogP contribution >= 0.6 is 0 Å². The molecule has 4 nitrogen and oxygen atoms in total. The molecule has 0 saturated carbocycles. The van der Waals surface area contributed by atoms with Gasteiger partial charge in [-0.2, -0.15) is 0 Å². The lowest BCUT2D eigenvalue weighted by Crippen LogP contribution is -2.46. The minimum absolute atomic E-state index is 0.0663. The monoisotopic (exact) mass is 253 g/mol. The molecule has 2 aliphatic rings. The van der Waals surface area contributed by atoms with Crippen molar-refractivity contribution in [2.75, 3.05) is 40.3 Å². The van der Waals surface area contributed by atoms with Gasteiger partial charge in [-0.3, -0.25) is 4.79 Å². The van der Waals surface area contributed by atoms with Crippen LogP contribution in [0.3, 0.4) is 0 Å². The highest BCUT2D eigenvalue weighted by Gasteiger charge is 2.26. The maximum Gasteiger partial charge on any atom is 0.239 e. The Labute approximate surface area is 111 Å². The first-order chi connectivity index (χ1) is 8.66. The van der Waals surface area contributed by atoms with Crippen LogP contribution < -0.4 is 5.32 Å². The molecule has 0 aromatic heterocycles. The molecule has 0 aliphatic carbocycles. The van der Waals surface area contributed by atoms with Gasteiger partial charge in [0, 0.05) is 20.1 Å². The van der Waals surface area contributed by atoms with Gasteiger partial charge < -0.3 is 15.1 Å². The maximum absolute atomic E-state index is 12.4. The second kappa shape index (κ2) is 6.53. The molecule has 0 bridgehead atoms. The highest BCUT2D eigenvalue weighted by molar-refractivity contribution is 5.81. The van der Waals surface area contributed by atoms with Gasteiger partial charge in [0.1, 0.15) is 0 Å². The van der Waals surface area contributed by atoms with Crippen LogP contribution in [0.5, 0.6) is 0 Å². The van der Waals surface area contributed by atoms with Crippen molar-refractivity contribution in [3.05, 3.63) is 0 Å². The van der Waals surface area contributed by atoms with Gasteiger partial charge in [0.25, 0.3) is 0 Å². The summed E-state index contributed by atoms with van der Waals surface area (Å²) in [7, 11) is 4.13. The summed E-state index contributed by atoms with van der Waals surface area (Å²) in [6, 6.07) is 0.0663. The fourth-order valence-corrected chi connectivity index (χ4v) is 3.16. The zero-order chi connectivity index (χ0) is 13.0. The SMILES string of the molecule is CN1CCC(CN(C)C(=O)C2CCCCCN2)C1. The summed E-state index contributed by atoms with van der Waals surface area (Å²) in [6.07, 6.45) is 5.89. The first kappa shape index (κ1) is 13.8. The van der Waals surface area contributed by atoms with E-state index in [0.717, 1.165) is 26.1 Å². The molecule has 1 N–H and O–H groups in total. The van der Waals surface area contributed by atoms with E-state index in [1.54, 1.807) is 0 Å². The fraction of sp³-hybridized carbons (Fsp3) is 0.929. The largest absolute Gasteiger partial charge is 0.344 e. The van der Waals surface area contributed by atoms with Gasteiger partial charge in [-0.25, -0.2) is 0 Å². The number of carbonyl (C=O) groups is 1. The van der Waals surface area contributed by atoms with Crippen LogP contribution in [0.2, 0.25) is 0 Å². The van der Waals surface area contributed by atoms with E-state index in [4.69, 9.17) is 0 Å². The second-order valence-electron chi connectivity index (χ2n) is 5.99. The average Bonchev–Trinajstić information content (AvgIpc) is 2.62. The molecule has 2 unspecified atom stereocenters. The number of nitrogens with one attached hydrogen (secondary N) is 1. The van der Waals surface area contributed by atoms with Crippen molar-refractivity contribution < 1.29 is 4.79 Å². The molecule has 0 spiro atoms. The Morgan fingerprint density at radius 1 is 1.33 bits per heavy atom. The molecule has 104 valence electrons. The molecule has 2 fully saturated rings. The predicted octanol–water partition coefficient (Wildman–Crippen LogP) is 0.929. The van der Waals surface area contributed by atoms with Gasteiger partial charge in [0.2, 0.25) is 5.91 Å². The first-order valence-corrected chi connectivity index (χ1v) is 7.33. The van der Waals surface area contributed by atoms with Crippen LogP contribution in [0.1, 0.15) is 32.1 Å². The third kappa shape index (κ3) is 3.69. The Balaban J connectivity index is 1.80. The van der Waals surface area contributed by atoms with E-state index in [2.05, 4.69) is 17.3 Å². The summed E-state index contributed by atoms with van der Waals surface area (Å²) in [4.78, 5) is 16.7. The van der Waals surface area contributed by atoms with Gasteiger partial charge in [-0.15, -0.1) is 0 Å². The zero-order valence-electron chi connectivity index (χ0n) is 11.8. The van der Waals surface area contributed by atoms with Crippen molar-refractivity contribution in [2.24, 2.45) is 5.92 Å². The van der Waals surface area contributed by atoms with Gasteiger partial charge >= 0.3 is 0 Å². The summed E-state index contributed by atoms with van der Waals surface area (Å²) in [5.74, 6) is 0.959. The molecule has 18 heavy (non-hydrogen) atoms. The van der Waals surface area contributed by atoms with Crippen LogP contribution in [0, 0.1) is 5.92 Å². The summed E-state index contributed by atoms with van der Waals surface area (Å²) in [6.45, 7) is 4.22. The molecule has 1 amide bonds. The smallest absolute Gasteiger partial charge is 0.239 e. The highest BCUT2D eigenvalue weighted by atomic mass is 16.2. The molecule has 4 heteroatoms. The van der Waals surface area contributed by atoms with Crippen molar-refractivity contribution in [1.29, 1.82) is 0 Å². The van der Waals surface area contributed by atoms with E-state index in [-0.39, 0.29) is 6.04 Å². The lowest BCUT2D eigenvalue weighted by Gasteiger charge is -2.26. The minimum Gasteiger partial charge on any atom is -0.344 e. The Bertz CT molecular complexity index is 274. The number of likely N-dealkylation sites (tertiary alicyclic amines) is 1. The van der Waals surface area contributed by atoms with Gasteiger partial charge in [-0.1, -0.05) is 12.8 Å². The molecular weight excluding hydrogens is 226 g/mol. The van der Waals surface area contributed by atoms with Crippen molar-refractivity contribution in [3.63, 3.8) is 0 Å². The zero-order valence-corrected chi connectivity index (χ0v) is 11.8. The standard InChI is InChI=1S/C14H27N3O/c1-16-9-7-12(10-16)11-17(2)14(18)13-6-4-3-5-8-15-13/h12-13,15H,3-11H2,1-2H3. The topological polar surface area (TPSA) is 35.6 Å². The molecule has 2 aliphatic heterocycles. The third-order valence-electron chi connectivity index (χ3n) is 4.26. The van der Waals surface area contributed by atoms with E-state index in [0.29, 0.717) is 11.8 Å². The van der Waals surface area contributed by atoms with Gasteiger partial charge in [0.15, 0.2) is 0 Å². The van der Waals surface area contributed by atoms with Crippen LogP contribution in [0.25, 0.3) is 0 Å². The van der Waals surface area contributed by atoms with Crippen molar-refractivity contribution in [2.45, 2.75) is 38.1 Å². The van der Waals surface area contributed by atoms with Crippen LogP contribution in [-0.4, -0.2) is 62.0 Å². The summed E-state index contributed by atoms with van der Waals surface area (Å²) in [5.41, 5.74) is 0. The number of amides is 1. The predicted molar refractivity (Wildman–Crippen MR) is 73.5 cm³/mol. The van der Waals surface area contributed by atoms with Crippen molar-refractivity contribution in [3.8, 4) is 0 Å². The quantitative estimate of drug-likeness (QED) is 0.813. The maximum atomic E-state index is 12.4. The molecule has 2 atom stereocenters. The van der Waals surface area contributed by atoms with E-state index >= 15 is 0 Å². The second-order valence-corrected chi connectivity index (χ2v) is 5.99. The van der Waals surface area contributed by atoms with E-state index in [1.165, 1.54) is 32.2 Å². The Hall–Kier alpha value is -0.610. The molecular formula is C14H27N3O. The molecule has 0 radical (unpaired) electrons. The van der Waals surface area contributed by atoms with Crippen molar-refractivity contribution >= 4 is 5.91 Å². The van der Waals surface area contributed by atoms with E-state index in [1.807, 2.05) is 11.9 Å².